The molecule has 0 aliphatic heterocycles. The summed E-state index contributed by atoms with van der Waals surface area (Å²) in [4.78, 5) is 37.0. The Labute approximate surface area is 196 Å². The van der Waals surface area contributed by atoms with Crippen molar-refractivity contribution in [2.24, 2.45) is 0 Å². The average molecular weight is 468 g/mol. The highest BCUT2D eigenvalue weighted by Gasteiger charge is 2.18. The van der Waals surface area contributed by atoms with E-state index in [4.69, 9.17) is 25.8 Å². The molecular weight excluding hydrogens is 446 g/mol. The van der Waals surface area contributed by atoms with E-state index >= 15 is 0 Å². The topological polar surface area (TPSA) is 90.9 Å². The first-order valence-corrected chi connectivity index (χ1v) is 10.5. The molecule has 3 rings (SSSR count). The van der Waals surface area contributed by atoms with Crippen LogP contribution in [0.15, 0.2) is 66.7 Å². The van der Waals surface area contributed by atoms with Crippen molar-refractivity contribution in [1.29, 1.82) is 0 Å². The second-order valence-electron chi connectivity index (χ2n) is 6.82. The lowest BCUT2D eigenvalue weighted by atomic mass is 10.1. The molecule has 0 saturated heterocycles. The molecule has 8 heteroatoms. The number of carbonyl (C=O) groups excluding carboxylic acids is 3. The molecule has 3 aromatic carbocycles. The van der Waals surface area contributed by atoms with Gasteiger partial charge in [0.1, 0.15) is 0 Å². The number of methoxy groups -OCH3 is 1. The Bertz CT molecular complexity index is 1150. The zero-order valence-electron chi connectivity index (χ0n) is 18.1. The monoisotopic (exact) mass is 467 g/mol. The zero-order chi connectivity index (χ0) is 23.8. The van der Waals surface area contributed by atoms with Crippen LogP contribution in [0, 0.1) is 0 Å². The number of hydrogen-bond donors (Lipinski definition) is 1. The van der Waals surface area contributed by atoms with E-state index in [0.29, 0.717) is 29.2 Å². The molecule has 0 atom stereocenters. The van der Waals surface area contributed by atoms with Gasteiger partial charge < -0.3 is 19.5 Å². The van der Waals surface area contributed by atoms with Crippen LogP contribution in [0.5, 0.6) is 11.5 Å². The summed E-state index contributed by atoms with van der Waals surface area (Å²) in [5.41, 5.74) is 1.53. The van der Waals surface area contributed by atoms with Gasteiger partial charge in [0.2, 0.25) is 0 Å². The Morgan fingerprint density at radius 2 is 1.61 bits per heavy atom. The molecule has 0 heterocycles. The molecule has 0 fully saturated rings. The van der Waals surface area contributed by atoms with Gasteiger partial charge in [0.05, 0.1) is 24.3 Å². The zero-order valence-corrected chi connectivity index (χ0v) is 18.8. The smallest absolute Gasteiger partial charge is 0.338 e. The van der Waals surface area contributed by atoms with Gasteiger partial charge in [-0.25, -0.2) is 4.79 Å². The van der Waals surface area contributed by atoms with Crippen molar-refractivity contribution in [3.8, 4) is 11.5 Å². The normalized spacial score (nSPS) is 10.3. The Morgan fingerprint density at radius 1 is 0.909 bits per heavy atom. The maximum absolute atomic E-state index is 12.4. The maximum Gasteiger partial charge on any atom is 0.338 e. The Kier molecular flexibility index (Phi) is 8.05. The second-order valence-corrected chi connectivity index (χ2v) is 7.23. The molecule has 1 N–H and O–H groups in total. The summed E-state index contributed by atoms with van der Waals surface area (Å²) in [6, 6.07) is 17.9. The standard InChI is InChI=1S/C25H22ClNO6/c1-3-32-23-20(26)13-18(14-22(23)31-2)25(30)33-15-21(28)16-9-11-19(12-10-16)27-24(29)17-7-5-4-6-8-17/h4-14H,3,15H2,1-2H3,(H,27,29). The molecule has 3 aromatic rings. The molecular formula is C25H22ClNO6. The van der Waals surface area contributed by atoms with Crippen LogP contribution in [-0.2, 0) is 4.74 Å². The third-order valence-electron chi connectivity index (χ3n) is 4.59. The number of esters is 1. The van der Waals surface area contributed by atoms with Crippen molar-refractivity contribution in [1.82, 2.24) is 0 Å². The number of halogens is 1. The van der Waals surface area contributed by atoms with E-state index in [2.05, 4.69) is 5.32 Å². The molecule has 0 aromatic heterocycles. The SMILES string of the molecule is CCOc1c(Cl)cc(C(=O)OCC(=O)c2ccc(NC(=O)c3ccccc3)cc2)cc1OC. The van der Waals surface area contributed by atoms with E-state index < -0.39 is 18.4 Å². The molecule has 7 nitrogen and oxygen atoms in total. The van der Waals surface area contributed by atoms with Gasteiger partial charge in [-0.15, -0.1) is 0 Å². The maximum atomic E-state index is 12.4. The molecule has 0 spiro atoms. The third-order valence-corrected chi connectivity index (χ3v) is 4.87. The summed E-state index contributed by atoms with van der Waals surface area (Å²) >= 11 is 6.18. The molecule has 0 unspecified atom stereocenters. The largest absolute Gasteiger partial charge is 0.493 e. The van der Waals surface area contributed by atoms with Crippen LogP contribution >= 0.6 is 11.6 Å². The number of hydrogen-bond acceptors (Lipinski definition) is 6. The molecule has 1 amide bonds. The number of ether oxygens (including phenoxy) is 3. The number of ketones is 1. The van der Waals surface area contributed by atoms with Crippen molar-refractivity contribution in [3.05, 3.63) is 88.4 Å². The first kappa shape index (κ1) is 23.8. The number of anilines is 1. The molecule has 170 valence electrons. The minimum absolute atomic E-state index is 0.132. The van der Waals surface area contributed by atoms with Gasteiger partial charge in [0, 0.05) is 16.8 Å². The number of amides is 1. The van der Waals surface area contributed by atoms with Crippen LogP contribution in [0.1, 0.15) is 38.0 Å². The van der Waals surface area contributed by atoms with Crippen LogP contribution < -0.4 is 14.8 Å². The van der Waals surface area contributed by atoms with Crippen molar-refractivity contribution in [2.75, 3.05) is 25.6 Å². The van der Waals surface area contributed by atoms with Crippen molar-refractivity contribution in [2.45, 2.75) is 6.92 Å². The molecule has 0 aliphatic carbocycles. The molecule has 0 bridgehead atoms. The third kappa shape index (κ3) is 6.11. The van der Waals surface area contributed by atoms with Crippen LogP contribution in [0.3, 0.4) is 0 Å². The predicted octanol–water partition coefficient (Wildman–Crippen LogP) is 5.04. The molecule has 0 radical (unpaired) electrons. The number of Topliss-reactive ketones (excluding diaryl/α,β-unsaturated/α-hetero) is 1. The van der Waals surface area contributed by atoms with E-state index in [-0.39, 0.29) is 22.2 Å². The van der Waals surface area contributed by atoms with Crippen LogP contribution in [0.2, 0.25) is 5.02 Å². The molecule has 33 heavy (non-hydrogen) atoms. The van der Waals surface area contributed by atoms with Crippen LogP contribution in [-0.4, -0.2) is 38.0 Å². The average Bonchev–Trinajstić information content (AvgIpc) is 2.84. The van der Waals surface area contributed by atoms with Gasteiger partial charge in [-0.05, 0) is 55.5 Å². The highest BCUT2D eigenvalue weighted by Crippen LogP contribution is 2.36. The summed E-state index contributed by atoms with van der Waals surface area (Å²) in [6.07, 6.45) is 0. The Hall–Kier alpha value is -3.84. The van der Waals surface area contributed by atoms with Gasteiger partial charge in [-0.3, -0.25) is 9.59 Å². The van der Waals surface area contributed by atoms with E-state index in [9.17, 15) is 14.4 Å². The van der Waals surface area contributed by atoms with E-state index in [1.807, 2.05) is 6.07 Å². The van der Waals surface area contributed by atoms with Gasteiger partial charge >= 0.3 is 5.97 Å². The summed E-state index contributed by atoms with van der Waals surface area (Å²) in [5, 5.41) is 2.95. The first-order valence-electron chi connectivity index (χ1n) is 10.1. The minimum Gasteiger partial charge on any atom is -0.493 e. The number of carbonyl (C=O) groups is 3. The summed E-state index contributed by atoms with van der Waals surface area (Å²) < 4.78 is 15.8. The molecule has 0 saturated carbocycles. The number of rotatable bonds is 9. The Morgan fingerprint density at radius 3 is 2.24 bits per heavy atom. The number of benzene rings is 3. The van der Waals surface area contributed by atoms with E-state index in [0.717, 1.165) is 0 Å². The summed E-state index contributed by atoms with van der Waals surface area (Å²) in [7, 11) is 1.43. The van der Waals surface area contributed by atoms with Crippen molar-refractivity contribution in [3.63, 3.8) is 0 Å². The second kappa shape index (κ2) is 11.2. The van der Waals surface area contributed by atoms with Gasteiger partial charge in [-0.2, -0.15) is 0 Å². The van der Waals surface area contributed by atoms with E-state index in [1.54, 1.807) is 55.5 Å². The lowest BCUT2D eigenvalue weighted by Gasteiger charge is -2.13. The summed E-state index contributed by atoms with van der Waals surface area (Å²) in [6.45, 7) is 1.72. The fourth-order valence-electron chi connectivity index (χ4n) is 2.95. The first-order chi connectivity index (χ1) is 15.9. The Balaban J connectivity index is 1.60. The lowest BCUT2D eigenvalue weighted by Crippen LogP contribution is -2.15. The van der Waals surface area contributed by atoms with E-state index in [1.165, 1.54) is 19.2 Å². The summed E-state index contributed by atoms with van der Waals surface area (Å²) in [5.74, 6) is -0.760. The highest BCUT2D eigenvalue weighted by molar-refractivity contribution is 6.32. The van der Waals surface area contributed by atoms with Gasteiger partial charge in [0.25, 0.3) is 5.91 Å². The van der Waals surface area contributed by atoms with Crippen LogP contribution in [0.25, 0.3) is 0 Å². The predicted molar refractivity (Wildman–Crippen MR) is 125 cm³/mol. The number of nitrogens with one attached hydrogen (secondary N) is 1. The molecule has 0 aliphatic rings. The quantitative estimate of drug-likeness (QED) is 0.350. The van der Waals surface area contributed by atoms with Gasteiger partial charge in [0.15, 0.2) is 23.9 Å². The fraction of sp³-hybridized carbons (Fsp3) is 0.160. The minimum atomic E-state index is -0.724. The fourth-order valence-corrected chi connectivity index (χ4v) is 3.22. The van der Waals surface area contributed by atoms with Gasteiger partial charge in [-0.1, -0.05) is 29.8 Å². The van der Waals surface area contributed by atoms with Crippen molar-refractivity contribution >= 4 is 34.9 Å². The van der Waals surface area contributed by atoms with Crippen LogP contribution in [0.4, 0.5) is 5.69 Å². The van der Waals surface area contributed by atoms with Crippen molar-refractivity contribution < 1.29 is 28.6 Å². The highest BCUT2D eigenvalue weighted by atomic mass is 35.5. The lowest BCUT2D eigenvalue weighted by molar-refractivity contribution is 0.0474.